The summed E-state index contributed by atoms with van der Waals surface area (Å²) in [7, 11) is -3.56. The molecule has 1 saturated carbocycles. The Morgan fingerprint density at radius 3 is 2.33 bits per heavy atom. The highest BCUT2D eigenvalue weighted by Crippen LogP contribution is 2.61. The number of alkyl halides is 2. The minimum atomic E-state index is -3.56. The Morgan fingerprint density at radius 2 is 1.94 bits per heavy atom. The van der Waals surface area contributed by atoms with E-state index in [1.165, 1.54) is 18.2 Å². The van der Waals surface area contributed by atoms with Crippen molar-refractivity contribution in [3.8, 4) is 0 Å². The minimum absolute atomic E-state index is 0.164. The van der Waals surface area contributed by atoms with Gasteiger partial charge in [0.1, 0.15) is 0 Å². The number of carbonyl (C=O) groups is 1. The Balaban J connectivity index is 2.57. The summed E-state index contributed by atoms with van der Waals surface area (Å²) >= 11 is 0. The van der Waals surface area contributed by atoms with Crippen molar-refractivity contribution < 1.29 is 27.1 Å². The molecule has 4 nitrogen and oxygen atoms in total. The third-order valence-corrected chi connectivity index (χ3v) is 4.22. The third-order valence-electron chi connectivity index (χ3n) is 3.11. The van der Waals surface area contributed by atoms with Crippen molar-refractivity contribution in [3.05, 3.63) is 29.8 Å². The number of hydrogen-bond acceptors (Lipinski definition) is 3. The Kier molecular flexibility index (Phi) is 2.52. The average molecular weight is 276 g/mol. The lowest BCUT2D eigenvalue weighted by atomic mass is 9.95. The van der Waals surface area contributed by atoms with Gasteiger partial charge in [0.2, 0.25) is 0 Å². The first-order valence-corrected chi connectivity index (χ1v) is 6.92. The molecule has 0 aliphatic heterocycles. The summed E-state index contributed by atoms with van der Waals surface area (Å²) in [5, 5.41) is 8.96. The molecule has 1 fully saturated rings. The monoisotopic (exact) mass is 276 g/mol. The molecule has 0 amide bonds. The van der Waals surface area contributed by atoms with Crippen LogP contribution in [0.15, 0.2) is 29.2 Å². The van der Waals surface area contributed by atoms with Gasteiger partial charge in [-0.1, -0.05) is 12.1 Å². The molecule has 0 aromatic heterocycles. The molecule has 1 aliphatic carbocycles. The molecule has 98 valence electrons. The Bertz CT molecular complexity index is 624. The van der Waals surface area contributed by atoms with Crippen molar-refractivity contribution in [1.29, 1.82) is 0 Å². The number of carboxylic acids is 1. The summed E-state index contributed by atoms with van der Waals surface area (Å²) in [5.41, 5.74) is -2.46. The zero-order chi connectivity index (χ0) is 13.8. The molecule has 1 aromatic carbocycles. The highest BCUT2D eigenvalue weighted by Gasteiger charge is 2.77. The van der Waals surface area contributed by atoms with Gasteiger partial charge in [-0.25, -0.2) is 17.2 Å². The van der Waals surface area contributed by atoms with Crippen LogP contribution < -0.4 is 0 Å². The van der Waals surface area contributed by atoms with Crippen LogP contribution >= 0.6 is 0 Å². The fourth-order valence-corrected chi connectivity index (χ4v) is 2.62. The number of carboxylic acid groups (broad SMARTS) is 1. The van der Waals surface area contributed by atoms with Crippen LogP contribution in [-0.4, -0.2) is 31.7 Å². The van der Waals surface area contributed by atoms with Crippen molar-refractivity contribution >= 4 is 15.8 Å². The van der Waals surface area contributed by atoms with E-state index in [-0.39, 0.29) is 10.5 Å². The van der Waals surface area contributed by atoms with E-state index >= 15 is 0 Å². The highest BCUT2D eigenvalue weighted by molar-refractivity contribution is 7.90. The van der Waals surface area contributed by atoms with E-state index in [0.29, 0.717) is 0 Å². The zero-order valence-corrected chi connectivity index (χ0v) is 10.2. The molecule has 0 bridgehead atoms. The summed E-state index contributed by atoms with van der Waals surface area (Å²) in [4.78, 5) is 10.9. The molecular formula is C11H10F2O4S. The Hall–Kier alpha value is -1.50. The minimum Gasteiger partial charge on any atom is -0.480 e. The predicted octanol–water partition coefficient (Wildman–Crippen LogP) is 1.45. The maximum atomic E-state index is 13.3. The first-order chi connectivity index (χ1) is 8.11. The quantitative estimate of drug-likeness (QED) is 0.907. The van der Waals surface area contributed by atoms with Gasteiger partial charge in [0.15, 0.2) is 15.3 Å². The van der Waals surface area contributed by atoms with Gasteiger partial charge in [-0.3, -0.25) is 4.79 Å². The first-order valence-electron chi connectivity index (χ1n) is 5.03. The van der Waals surface area contributed by atoms with Crippen molar-refractivity contribution in [3.63, 3.8) is 0 Å². The van der Waals surface area contributed by atoms with Crippen molar-refractivity contribution in [2.75, 3.05) is 6.26 Å². The SMILES string of the molecule is CS(=O)(=O)c1cccc(C2(C(=O)O)CC2(F)F)c1. The van der Waals surface area contributed by atoms with Crippen molar-refractivity contribution in [1.82, 2.24) is 0 Å². The second kappa shape index (κ2) is 3.50. The molecule has 1 unspecified atom stereocenters. The van der Waals surface area contributed by atoms with Crippen LogP contribution in [0.3, 0.4) is 0 Å². The van der Waals surface area contributed by atoms with E-state index in [1.54, 1.807) is 0 Å². The summed E-state index contributed by atoms with van der Waals surface area (Å²) < 4.78 is 49.2. The molecule has 7 heteroatoms. The second-order valence-electron chi connectivity index (χ2n) is 4.39. The largest absolute Gasteiger partial charge is 0.480 e. The van der Waals surface area contributed by atoms with Crippen molar-refractivity contribution in [2.45, 2.75) is 22.7 Å². The van der Waals surface area contributed by atoms with Crippen LogP contribution in [0, 0.1) is 0 Å². The van der Waals surface area contributed by atoms with Gasteiger partial charge in [0, 0.05) is 12.7 Å². The topological polar surface area (TPSA) is 71.4 Å². The summed E-state index contributed by atoms with van der Waals surface area (Å²) in [6.07, 6.45) is 0.132. The van der Waals surface area contributed by atoms with Gasteiger partial charge >= 0.3 is 5.97 Å². The molecule has 0 heterocycles. The molecule has 0 radical (unpaired) electrons. The van der Waals surface area contributed by atoms with Gasteiger partial charge in [-0.15, -0.1) is 0 Å². The fourth-order valence-electron chi connectivity index (χ4n) is 1.95. The number of benzene rings is 1. The number of rotatable bonds is 3. The normalized spacial score (nSPS) is 25.7. The van der Waals surface area contributed by atoms with Crippen LogP contribution in [-0.2, 0) is 20.0 Å². The number of halogens is 2. The van der Waals surface area contributed by atoms with Gasteiger partial charge in [-0.05, 0) is 17.7 Å². The zero-order valence-electron chi connectivity index (χ0n) is 9.35. The summed E-state index contributed by atoms with van der Waals surface area (Å²) in [6, 6.07) is 4.73. The lowest BCUT2D eigenvalue weighted by Gasteiger charge is -2.12. The Labute approximate surface area is 102 Å². The van der Waals surface area contributed by atoms with Crippen LogP contribution in [0.25, 0.3) is 0 Å². The maximum Gasteiger partial charge on any atom is 0.320 e. The van der Waals surface area contributed by atoms with E-state index in [9.17, 15) is 22.0 Å². The van der Waals surface area contributed by atoms with Gasteiger partial charge in [0.05, 0.1) is 4.90 Å². The summed E-state index contributed by atoms with van der Waals surface area (Å²) in [5.74, 6) is -4.98. The van der Waals surface area contributed by atoms with E-state index in [1.807, 2.05) is 0 Å². The number of hydrogen-bond donors (Lipinski definition) is 1. The van der Waals surface area contributed by atoms with E-state index in [2.05, 4.69) is 0 Å². The van der Waals surface area contributed by atoms with E-state index < -0.39 is 33.6 Å². The molecule has 1 N–H and O–H groups in total. The predicted molar refractivity (Wildman–Crippen MR) is 58.4 cm³/mol. The molecule has 0 spiro atoms. The molecule has 0 saturated heterocycles. The first kappa shape index (κ1) is 12.9. The molecule has 1 atom stereocenters. The van der Waals surface area contributed by atoms with E-state index in [0.717, 1.165) is 12.3 Å². The van der Waals surface area contributed by atoms with Crippen LogP contribution in [0.4, 0.5) is 8.78 Å². The number of aliphatic carboxylic acids is 1. The number of sulfone groups is 1. The summed E-state index contributed by atoms with van der Waals surface area (Å²) in [6.45, 7) is 0. The lowest BCUT2D eigenvalue weighted by Crippen LogP contribution is -2.27. The fraction of sp³-hybridized carbons (Fsp3) is 0.364. The van der Waals surface area contributed by atoms with Crippen LogP contribution in [0.2, 0.25) is 0 Å². The van der Waals surface area contributed by atoms with Gasteiger partial charge < -0.3 is 5.11 Å². The van der Waals surface area contributed by atoms with E-state index in [4.69, 9.17) is 5.11 Å². The Morgan fingerprint density at radius 1 is 1.39 bits per heavy atom. The third kappa shape index (κ3) is 1.69. The molecule has 18 heavy (non-hydrogen) atoms. The van der Waals surface area contributed by atoms with Gasteiger partial charge in [-0.2, -0.15) is 0 Å². The second-order valence-corrected chi connectivity index (χ2v) is 6.41. The molecule has 1 aliphatic rings. The molecule has 2 rings (SSSR count). The van der Waals surface area contributed by atoms with Crippen molar-refractivity contribution in [2.24, 2.45) is 0 Å². The van der Waals surface area contributed by atoms with Crippen LogP contribution in [0.1, 0.15) is 12.0 Å². The van der Waals surface area contributed by atoms with Crippen LogP contribution in [0.5, 0.6) is 0 Å². The molecule has 1 aromatic rings. The van der Waals surface area contributed by atoms with Gasteiger partial charge in [0.25, 0.3) is 5.92 Å². The molecular weight excluding hydrogens is 266 g/mol. The average Bonchev–Trinajstić information content (AvgIpc) is 2.82. The standard InChI is InChI=1S/C11H10F2O4S/c1-18(16,17)8-4-2-3-7(5-8)10(9(14)15)6-11(10,12)13/h2-5H,6H2,1H3,(H,14,15). The lowest BCUT2D eigenvalue weighted by molar-refractivity contribution is -0.142. The smallest absolute Gasteiger partial charge is 0.320 e. The highest BCUT2D eigenvalue weighted by atomic mass is 32.2. The maximum absolute atomic E-state index is 13.3.